The van der Waals surface area contributed by atoms with Crippen molar-refractivity contribution in [2.24, 2.45) is 18.4 Å². The SMILES string of the molecule is CCC(C)(C)[C@H]1CCc2c(sc3ncn4nc(-c5c(Cl)c(C)nn5C)nc4c23)C1. The number of aromatic nitrogens is 6. The van der Waals surface area contributed by atoms with Gasteiger partial charge in [0.1, 0.15) is 16.9 Å². The lowest BCUT2D eigenvalue weighted by molar-refractivity contribution is 0.184. The van der Waals surface area contributed by atoms with Crippen LogP contribution in [-0.4, -0.2) is 29.4 Å². The number of hydrogen-bond acceptors (Lipinski definition) is 5. The van der Waals surface area contributed by atoms with Gasteiger partial charge in [0.25, 0.3) is 0 Å². The van der Waals surface area contributed by atoms with E-state index in [1.807, 2.05) is 25.3 Å². The lowest BCUT2D eigenvalue weighted by atomic mass is 9.70. The monoisotopic (exact) mass is 428 g/mol. The van der Waals surface area contributed by atoms with Crippen molar-refractivity contribution in [1.29, 1.82) is 0 Å². The van der Waals surface area contributed by atoms with Crippen LogP contribution in [0, 0.1) is 18.3 Å². The first kappa shape index (κ1) is 19.0. The number of fused-ring (bicyclic) bond motifs is 5. The summed E-state index contributed by atoms with van der Waals surface area (Å²) in [6.07, 6.45) is 6.41. The van der Waals surface area contributed by atoms with E-state index in [0.29, 0.717) is 22.2 Å². The standard InChI is InChI=1S/C21H25ClN6S/c1-6-21(3,4)12-7-8-13-14(9-12)29-20-15(13)19-24-18(26-28(19)10-23-20)17-16(22)11(2)25-27(17)5/h10,12H,6-9H2,1-5H3/t12-/m0/s1. The predicted octanol–water partition coefficient (Wildman–Crippen LogP) is 5.24. The number of nitrogens with zero attached hydrogens (tertiary/aromatic N) is 6. The molecule has 0 unspecified atom stereocenters. The summed E-state index contributed by atoms with van der Waals surface area (Å²) in [5.74, 6) is 1.31. The maximum absolute atomic E-state index is 6.47. The van der Waals surface area contributed by atoms with Crippen molar-refractivity contribution in [2.75, 3.05) is 0 Å². The summed E-state index contributed by atoms with van der Waals surface area (Å²) < 4.78 is 3.53. The van der Waals surface area contributed by atoms with Gasteiger partial charge in [-0.3, -0.25) is 4.68 Å². The zero-order valence-corrected chi connectivity index (χ0v) is 19.0. The topological polar surface area (TPSA) is 60.9 Å². The predicted molar refractivity (Wildman–Crippen MR) is 118 cm³/mol. The van der Waals surface area contributed by atoms with Gasteiger partial charge in [0.2, 0.25) is 5.82 Å². The second-order valence-electron chi connectivity index (χ2n) is 8.79. The molecular formula is C21H25ClN6S. The van der Waals surface area contributed by atoms with Crippen LogP contribution in [0.1, 0.15) is 49.7 Å². The Hall–Kier alpha value is -1.99. The molecule has 1 aliphatic carbocycles. The Labute approximate surface area is 178 Å². The molecule has 29 heavy (non-hydrogen) atoms. The Bertz CT molecular complexity index is 1250. The number of aryl methyl sites for hydroxylation is 3. The van der Waals surface area contributed by atoms with E-state index in [0.717, 1.165) is 40.1 Å². The fourth-order valence-electron chi connectivity index (χ4n) is 4.51. The Balaban J connectivity index is 1.66. The zero-order valence-electron chi connectivity index (χ0n) is 17.5. The fourth-order valence-corrected chi connectivity index (χ4v) is 6.01. The summed E-state index contributed by atoms with van der Waals surface area (Å²) in [6.45, 7) is 8.99. The third-order valence-electron chi connectivity index (χ3n) is 6.76. The van der Waals surface area contributed by atoms with Crippen molar-refractivity contribution in [3.8, 4) is 11.5 Å². The van der Waals surface area contributed by atoms with Crippen LogP contribution in [0.2, 0.25) is 5.02 Å². The maximum atomic E-state index is 6.47. The average molecular weight is 429 g/mol. The van der Waals surface area contributed by atoms with Gasteiger partial charge >= 0.3 is 0 Å². The van der Waals surface area contributed by atoms with Crippen molar-refractivity contribution in [3.05, 3.63) is 27.5 Å². The molecule has 152 valence electrons. The van der Waals surface area contributed by atoms with Crippen molar-refractivity contribution in [3.63, 3.8) is 0 Å². The van der Waals surface area contributed by atoms with Gasteiger partial charge in [0.15, 0.2) is 5.65 Å². The lowest BCUT2D eigenvalue weighted by Gasteiger charge is -2.36. The second-order valence-corrected chi connectivity index (χ2v) is 10.2. The van der Waals surface area contributed by atoms with Crippen LogP contribution in [0.25, 0.3) is 27.4 Å². The summed E-state index contributed by atoms with van der Waals surface area (Å²) in [7, 11) is 1.87. The van der Waals surface area contributed by atoms with Crippen LogP contribution in [0.5, 0.6) is 0 Å². The van der Waals surface area contributed by atoms with Gasteiger partial charge in [0.05, 0.1) is 16.1 Å². The minimum absolute atomic E-state index is 0.368. The van der Waals surface area contributed by atoms with E-state index >= 15 is 0 Å². The molecule has 6 nitrogen and oxygen atoms in total. The van der Waals surface area contributed by atoms with Crippen LogP contribution in [0.15, 0.2) is 6.33 Å². The highest BCUT2D eigenvalue weighted by Crippen LogP contribution is 2.45. The molecule has 0 radical (unpaired) electrons. The molecule has 0 spiro atoms. The molecule has 4 aromatic rings. The van der Waals surface area contributed by atoms with Gasteiger partial charge in [-0.1, -0.05) is 38.8 Å². The summed E-state index contributed by atoms with van der Waals surface area (Å²) in [6, 6.07) is 0. The molecule has 0 saturated heterocycles. The highest BCUT2D eigenvalue weighted by Gasteiger charge is 2.33. The molecule has 1 aliphatic rings. The molecule has 4 heterocycles. The molecule has 4 aromatic heterocycles. The number of thiophene rings is 1. The van der Waals surface area contributed by atoms with E-state index in [1.165, 1.54) is 23.3 Å². The van der Waals surface area contributed by atoms with E-state index in [-0.39, 0.29) is 0 Å². The van der Waals surface area contributed by atoms with Crippen LogP contribution < -0.4 is 0 Å². The highest BCUT2D eigenvalue weighted by atomic mass is 35.5. The second kappa shape index (κ2) is 6.51. The van der Waals surface area contributed by atoms with E-state index in [2.05, 4.69) is 31.0 Å². The van der Waals surface area contributed by atoms with Gasteiger partial charge in [-0.25, -0.2) is 14.5 Å². The first-order valence-electron chi connectivity index (χ1n) is 10.1. The molecule has 0 aromatic carbocycles. The zero-order chi connectivity index (χ0) is 20.5. The largest absolute Gasteiger partial charge is 0.263 e. The van der Waals surface area contributed by atoms with Crippen LogP contribution in [0.3, 0.4) is 0 Å². The lowest BCUT2D eigenvalue weighted by Crippen LogP contribution is -2.28. The third kappa shape index (κ3) is 2.81. The quantitative estimate of drug-likeness (QED) is 0.447. The summed E-state index contributed by atoms with van der Waals surface area (Å²) in [5, 5.41) is 10.8. The summed E-state index contributed by atoms with van der Waals surface area (Å²) in [5.41, 5.74) is 4.18. The molecule has 0 N–H and O–H groups in total. The molecule has 0 saturated carbocycles. The Morgan fingerprint density at radius 3 is 2.79 bits per heavy atom. The van der Waals surface area contributed by atoms with E-state index in [9.17, 15) is 0 Å². The number of hydrogen-bond donors (Lipinski definition) is 0. The maximum Gasteiger partial charge on any atom is 0.202 e. The Morgan fingerprint density at radius 1 is 1.31 bits per heavy atom. The Kier molecular flexibility index (Phi) is 4.26. The summed E-state index contributed by atoms with van der Waals surface area (Å²) in [4.78, 5) is 12.1. The molecule has 0 bridgehead atoms. The van der Waals surface area contributed by atoms with Gasteiger partial charge < -0.3 is 0 Å². The van der Waals surface area contributed by atoms with Gasteiger partial charge in [0, 0.05) is 11.9 Å². The molecule has 1 atom stereocenters. The normalized spacial score (nSPS) is 17.4. The first-order valence-corrected chi connectivity index (χ1v) is 11.3. The molecule has 0 aliphatic heterocycles. The summed E-state index contributed by atoms with van der Waals surface area (Å²) >= 11 is 8.30. The van der Waals surface area contributed by atoms with Crippen molar-refractivity contribution < 1.29 is 0 Å². The fraction of sp³-hybridized carbons (Fsp3) is 0.524. The third-order valence-corrected chi connectivity index (χ3v) is 8.38. The van der Waals surface area contributed by atoms with Crippen LogP contribution in [0.4, 0.5) is 0 Å². The molecule has 8 heteroatoms. The van der Waals surface area contributed by atoms with Crippen molar-refractivity contribution in [1.82, 2.24) is 29.4 Å². The highest BCUT2D eigenvalue weighted by molar-refractivity contribution is 7.19. The van der Waals surface area contributed by atoms with Gasteiger partial charge in [-0.2, -0.15) is 5.10 Å². The molecule has 5 rings (SSSR count). The number of halogens is 1. The smallest absolute Gasteiger partial charge is 0.202 e. The molecular weight excluding hydrogens is 404 g/mol. The minimum atomic E-state index is 0.368. The van der Waals surface area contributed by atoms with E-state index < -0.39 is 0 Å². The average Bonchev–Trinajstić information content (AvgIpc) is 3.34. The number of rotatable bonds is 3. The van der Waals surface area contributed by atoms with Crippen LogP contribution in [-0.2, 0) is 19.9 Å². The first-order chi connectivity index (χ1) is 13.8. The van der Waals surface area contributed by atoms with Gasteiger partial charge in [-0.05, 0) is 43.1 Å². The minimum Gasteiger partial charge on any atom is -0.263 e. The van der Waals surface area contributed by atoms with E-state index in [1.54, 1.807) is 15.5 Å². The van der Waals surface area contributed by atoms with Gasteiger partial charge in [-0.15, -0.1) is 16.4 Å². The van der Waals surface area contributed by atoms with Crippen LogP contribution >= 0.6 is 22.9 Å². The van der Waals surface area contributed by atoms with Crippen molar-refractivity contribution in [2.45, 2.75) is 53.4 Å². The molecule has 0 fully saturated rings. The molecule has 0 amide bonds. The Morgan fingerprint density at radius 2 is 2.10 bits per heavy atom. The van der Waals surface area contributed by atoms with E-state index in [4.69, 9.17) is 21.6 Å². The van der Waals surface area contributed by atoms with Crippen molar-refractivity contribution >= 4 is 38.8 Å².